The summed E-state index contributed by atoms with van der Waals surface area (Å²) in [6.45, 7) is 2.40. The molecule has 3 aromatic rings. The first-order chi connectivity index (χ1) is 14.5. The third-order valence-corrected chi connectivity index (χ3v) is 5.61. The van der Waals surface area contributed by atoms with Gasteiger partial charge in [0.05, 0.1) is 18.2 Å². The molecule has 0 atom stereocenters. The van der Waals surface area contributed by atoms with Crippen molar-refractivity contribution in [3.8, 4) is 11.5 Å². The molecule has 30 heavy (non-hydrogen) atoms. The summed E-state index contributed by atoms with van der Waals surface area (Å²) in [6.07, 6.45) is 5.06. The van der Waals surface area contributed by atoms with Crippen LogP contribution in [0.5, 0.6) is 11.5 Å². The maximum atomic E-state index is 14.6. The average molecular weight is 411 g/mol. The van der Waals surface area contributed by atoms with E-state index >= 15 is 0 Å². The highest BCUT2D eigenvalue weighted by atomic mass is 19.1. The predicted molar refractivity (Wildman–Crippen MR) is 113 cm³/mol. The number of ether oxygens (including phenoxy) is 2. The number of aromatic nitrogens is 1. The van der Waals surface area contributed by atoms with Gasteiger partial charge in [-0.1, -0.05) is 6.07 Å². The number of aliphatic carboxylic acids is 1. The van der Waals surface area contributed by atoms with Gasteiger partial charge in [0.25, 0.3) is 0 Å². The van der Waals surface area contributed by atoms with Crippen LogP contribution < -0.4 is 9.47 Å². The fraction of sp³-hybridized carbons (Fsp3) is 0.375. The van der Waals surface area contributed by atoms with E-state index in [-0.39, 0.29) is 12.8 Å². The minimum atomic E-state index is -0.952. The van der Waals surface area contributed by atoms with Gasteiger partial charge in [-0.05, 0) is 74.1 Å². The van der Waals surface area contributed by atoms with Gasteiger partial charge < -0.3 is 19.6 Å². The molecule has 4 rings (SSSR count). The molecule has 1 fully saturated rings. The number of carboxylic acid groups (broad SMARTS) is 1. The maximum absolute atomic E-state index is 14.6. The van der Waals surface area contributed by atoms with Crippen LogP contribution >= 0.6 is 0 Å². The Morgan fingerprint density at radius 1 is 1.20 bits per heavy atom. The molecule has 158 valence electrons. The molecule has 1 aliphatic carbocycles. The smallest absolute Gasteiger partial charge is 0.303 e. The Morgan fingerprint density at radius 3 is 2.73 bits per heavy atom. The van der Waals surface area contributed by atoms with E-state index in [1.165, 1.54) is 12.8 Å². The number of benzene rings is 2. The number of rotatable bonds is 8. The van der Waals surface area contributed by atoms with Crippen LogP contribution in [0, 0.1) is 12.7 Å². The Kier molecular flexibility index (Phi) is 5.93. The molecular formula is C24H26FNO4. The van der Waals surface area contributed by atoms with Crippen LogP contribution in [0.3, 0.4) is 0 Å². The first-order valence-electron chi connectivity index (χ1n) is 10.4. The van der Waals surface area contributed by atoms with E-state index in [0.717, 1.165) is 29.7 Å². The summed E-state index contributed by atoms with van der Waals surface area (Å²) in [5.41, 5.74) is 3.03. The van der Waals surface area contributed by atoms with Crippen molar-refractivity contribution in [2.45, 2.75) is 58.2 Å². The van der Waals surface area contributed by atoms with Gasteiger partial charge in [-0.2, -0.15) is 0 Å². The summed E-state index contributed by atoms with van der Waals surface area (Å²) < 4.78 is 26.6. The highest BCUT2D eigenvalue weighted by Gasteiger charge is 2.17. The van der Waals surface area contributed by atoms with Gasteiger partial charge in [0.15, 0.2) is 5.82 Å². The van der Waals surface area contributed by atoms with Gasteiger partial charge in [0.2, 0.25) is 0 Å². The number of nitrogens with one attached hydrogen (secondary N) is 1. The van der Waals surface area contributed by atoms with Gasteiger partial charge >= 0.3 is 5.97 Å². The van der Waals surface area contributed by atoms with E-state index in [1.54, 1.807) is 18.2 Å². The van der Waals surface area contributed by atoms with Crippen LogP contribution in [-0.2, 0) is 17.8 Å². The molecule has 0 amide bonds. The van der Waals surface area contributed by atoms with Crippen molar-refractivity contribution < 1.29 is 23.8 Å². The quantitative estimate of drug-likeness (QED) is 0.511. The van der Waals surface area contributed by atoms with Crippen LogP contribution in [0.1, 0.15) is 48.9 Å². The molecule has 0 spiro atoms. The van der Waals surface area contributed by atoms with Crippen LogP contribution in [0.4, 0.5) is 4.39 Å². The lowest BCUT2D eigenvalue weighted by Gasteiger charge is -2.16. The number of H-pyrrole nitrogens is 1. The second-order valence-corrected chi connectivity index (χ2v) is 7.93. The highest BCUT2D eigenvalue weighted by molar-refractivity contribution is 5.83. The molecule has 1 aliphatic rings. The zero-order valence-electron chi connectivity index (χ0n) is 17.0. The lowest BCUT2D eigenvalue weighted by Crippen LogP contribution is -2.11. The number of hydrogen-bond donors (Lipinski definition) is 2. The summed E-state index contributed by atoms with van der Waals surface area (Å²) in [5.74, 6) is 0.123. The monoisotopic (exact) mass is 411 g/mol. The number of carbonyl (C=O) groups is 1. The highest BCUT2D eigenvalue weighted by Crippen LogP contribution is 2.29. The molecule has 2 N–H and O–H groups in total. The van der Waals surface area contributed by atoms with E-state index in [2.05, 4.69) is 11.1 Å². The lowest BCUT2D eigenvalue weighted by molar-refractivity contribution is -0.136. The third kappa shape index (κ3) is 4.58. The lowest BCUT2D eigenvalue weighted by atomic mass is 10.1. The third-order valence-electron chi connectivity index (χ3n) is 5.61. The second kappa shape index (κ2) is 8.78. The van der Waals surface area contributed by atoms with Crippen LogP contribution in [0.15, 0.2) is 36.4 Å². The number of aromatic amines is 1. The molecule has 1 heterocycles. The number of aryl methyl sites for hydroxylation is 2. The maximum Gasteiger partial charge on any atom is 0.303 e. The molecule has 1 saturated carbocycles. The Hall–Kier alpha value is -3.02. The van der Waals surface area contributed by atoms with E-state index in [1.807, 2.05) is 19.1 Å². The van der Waals surface area contributed by atoms with Crippen molar-refractivity contribution in [1.82, 2.24) is 4.98 Å². The molecule has 5 nitrogen and oxygen atoms in total. The molecule has 0 bridgehead atoms. The predicted octanol–water partition coefficient (Wildman–Crippen LogP) is 5.53. The number of halogens is 1. The minimum absolute atomic E-state index is 0.118. The first-order valence-corrected chi connectivity index (χ1v) is 10.4. The second-order valence-electron chi connectivity index (χ2n) is 7.93. The van der Waals surface area contributed by atoms with Gasteiger partial charge in [-0.25, -0.2) is 4.39 Å². The van der Waals surface area contributed by atoms with E-state index < -0.39 is 11.8 Å². The van der Waals surface area contributed by atoms with Crippen LogP contribution in [0.25, 0.3) is 10.9 Å². The molecule has 0 unspecified atom stereocenters. The van der Waals surface area contributed by atoms with Gasteiger partial charge in [0, 0.05) is 17.3 Å². The zero-order valence-corrected chi connectivity index (χ0v) is 17.0. The Morgan fingerprint density at radius 2 is 2.00 bits per heavy atom. The summed E-state index contributed by atoms with van der Waals surface area (Å²) >= 11 is 0. The van der Waals surface area contributed by atoms with Crippen molar-refractivity contribution in [2.75, 3.05) is 0 Å². The van der Waals surface area contributed by atoms with E-state index in [0.29, 0.717) is 35.1 Å². The SMILES string of the molecule is Cc1cc(COc2ccc3[nH]c(CCC(=O)O)c(F)c3c2)ccc1OC1CCCC1. The zero-order chi connectivity index (χ0) is 21.1. The molecule has 0 saturated heterocycles. The fourth-order valence-corrected chi connectivity index (χ4v) is 3.97. The van der Waals surface area contributed by atoms with Crippen LogP contribution in [-0.4, -0.2) is 22.2 Å². The Bertz CT molecular complexity index is 1050. The van der Waals surface area contributed by atoms with Gasteiger partial charge in [-0.15, -0.1) is 0 Å². The van der Waals surface area contributed by atoms with Gasteiger partial charge in [-0.3, -0.25) is 4.79 Å². The molecular weight excluding hydrogens is 385 g/mol. The van der Waals surface area contributed by atoms with E-state index in [9.17, 15) is 9.18 Å². The largest absolute Gasteiger partial charge is 0.490 e. The van der Waals surface area contributed by atoms with Crippen molar-refractivity contribution in [2.24, 2.45) is 0 Å². The summed E-state index contributed by atoms with van der Waals surface area (Å²) in [7, 11) is 0. The van der Waals surface area contributed by atoms with Crippen molar-refractivity contribution in [1.29, 1.82) is 0 Å². The number of carboxylic acids is 1. The number of hydrogen-bond acceptors (Lipinski definition) is 3. The standard InChI is InChI=1S/C24H26FNO4/c1-15-12-16(6-10-22(15)30-17-4-2-3-5-17)14-29-18-7-8-20-19(13-18)24(25)21(26-20)9-11-23(27)28/h6-8,10,12-13,17,26H,2-5,9,11,14H2,1H3,(H,27,28). The minimum Gasteiger partial charge on any atom is -0.490 e. The van der Waals surface area contributed by atoms with Crippen molar-refractivity contribution in [3.63, 3.8) is 0 Å². The van der Waals surface area contributed by atoms with Crippen molar-refractivity contribution in [3.05, 3.63) is 59.0 Å². The molecule has 2 aromatic carbocycles. The van der Waals surface area contributed by atoms with Gasteiger partial charge in [0.1, 0.15) is 18.1 Å². The molecule has 6 heteroatoms. The summed E-state index contributed by atoms with van der Waals surface area (Å²) in [4.78, 5) is 13.7. The van der Waals surface area contributed by atoms with E-state index in [4.69, 9.17) is 14.6 Å². The fourth-order valence-electron chi connectivity index (χ4n) is 3.97. The normalized spacial score (nSPS) is 14.3. The van der Waals surface area contributed by atoms with Crippen LogP contribution in [0.2, 0.25) is 0 Å². The molecule has 1 aromatic heterocycles. The summed E-state index contributed by atoms with van der Waals surface area (Å²) in [5, 5.41) is 9.21. The van der Waals surface area contributed by atoms with Crippen molar-refractivity contribution >= 4 is 16.9 Å². The molecule has 0 radical (unpaired) electrons. The topological polar surface area (TPSA) is 71.6 Å². The number of fused-ring (bicyclic) bond motifs is 1. The average Bonchev–Trinajstić information content (AvgIpc) is 3.34. The Balaban J connectivity index is 1.42. The first kappa shape index (κ1) is 20.3. The Labute approximate surface area is 174 Å². The summed E-state index contributed by atoms with van der Waals surface area (Å²) in [6, 6.07) is 11.2. The molecule has 0 aliphatic heterocycles.